The van der Waals surface area contributed by atoms with Gasteiger partial charge in [0.15, 0.2) is 0 Å². The van der Waals surface area contributed by atoms with Gasteiger partial charge in [-0.3, -0.25) is 4.79 Å². The normalized spacial score (nSPS) is 15.4. The molecule has 102 valence electrons. The van der Waals surface area contributed by atoms with Gasteiger partial charge in [-0.25, -0.2) is 0 Å². The monoisotopic (exact) mass is 242 g/mol. The van der Waals surface area contributed by atoms with E-state index in [0.29, 0.717) is 5.92 Å². The highest BCUT2D eigenvalue weighted by Crippen LogP contribution is 2.17. The minimum absolute atomic E-state index is 0.0209. The average molecular weight is 242 g/mol. The summed E-state index contributed by atoms with van der Waals surface area (Å²) in [5, 5.41) is 2.98. The molecule has 2 atom stereocenters. The van der Waals surface area contributed by atoms with E-state index in [0.717, 1.165) is 13.0 Å². The van der Waals surface area contributed by atoms with Gasteiger partial charge in [0, 0.05) is 6.54 Å². The Hall–Kier alpha value is -0.570. The van der Waals surface area contributed by atoms with E-state index in [2.05, 4.69) is 19.2 Å². The van der Waals surface area contributed by atoms with Crippen LogP contribution in [0.1, 0.15) is 60.3 Å². The SMILES string of the molecule is CCCCC(CC)CNC(=O)[C@@H](N)C(C)(C)C. The number of carbonyl (C=O) groups is 1. The van der Waals surface area contributed by atoms with Gasteiger partial charge >= 0.3 is 0 Å². The zero-order valence-electron chi connectivity index (χ0n) is 12.2. The van der Waals surface area contributed by atoms with Crippen molar-refractivity contribution in [1.29, 1.82) is 0 Å². The number of rotatable bonds is 7. The van der Waals surface area contributed by atoms with Crippen molar-refractivity contribution >= 4 is 5.91 Å². The summed E-state index contributed by atoms with van der Waals surface area (Å²) in [4.78, 5) is 11.8. The van der Waals surface area contributed by atoms with E-state index in [1.807, 2.05) is 20.8 Å². The Morgan fingerprint density at radius 2 is 1.88 bits per heavy atom. The molecule has 3 nitrogen and oxygen atoms in total. The molecule has 0 rings (SSSR count). The van der Waals surface area contributed by atoms with E-state index in [1.54, 1.807) is 0 Å². The van der Waals surface area contributed by atoms with Gasteiger partial charge in [-0.2, -0.15) is 0 Å². The first-order valence-corrected chi connectivity index (χ1v) is 6.86. The summed E-state index contributed by atoms with van der Waals surface area (Å²) < 4.78 is 0. The molecular weight excluding hydrogens is 212 g/mol. The standard InChI is InChI=1S/C14H30N2O/c1-6-8-9-11(7-2)10-16-13(17)12(15)14(3,4)5/h11-12H,6-10,15H2,1-5H3,(H,16,17)/t11?,12-/m1/s1. The van der Waals surface area contributed by atoms with E-state index in [4.69, 9.17) is 5.73 Å². The lowest BCUT2D eigenvalue weighted by Crippen LogP contribution is -2.49. The molecule has 3 heteroatoms. The minimum atomic E-state index is -0.425. The quantitative estimate of drug-likeness (QED) is 0.721. The Kier molecular flexibility index (Phi) is 7.44. The van der Waals surface area contributed by atoms with Crippen molar-refractivity contribution in [1.82, 2.24) is 5.32 Å². The fraction of sp³-hybridized carbons (Fsp3) is 0.929. The lowest BCUT2D eigenvalue weighted by molar-refractivity contribution is -0.124. The highest BCUT2D eigenvalue weighted by molar-refractivity contribution is 5.82. The van der Waals surface area contributed by atoms with E-state index in [1.165, 1.54) is 19.3 Å². The maximum absolute atomic E-state index is 11.8. The summed E-state index contributed by atoms with van der Waals surface area (Å²) in [7, 11) is 0. The molecule has 0 aromatic heterocycles. The lowest BCUT2D eigenvalue weighted by Gasteiger charge is -2.26. The third kappa shape index (κ3) is 6.67. The van der Waals surface area contributed by atoms with Gasteiger partial charge in [-0.05, 0) is 17.8 Å². The summed E-state index contributed by atoms with van der Waals surface area (Å²) >= 11 is 0. The molecule has 0 spiro atoms. The minimum Gasteiger partial charge on any atom is -0.354 e. The summed E-state index contributed by atoms with van der Waals surface area (Å²) in [6.07, 6.45) is 4.76. The Morgan fingerprint density at radius 3 is 2.29 bits per heavy atom. The molecule has 0 aliphatic rings. The molecule has 0 saturated carbocycles. The molecule has 1 unspecified atom stereocenters. The van der Waals surface area contributed by atoms with Crippen molar-refractivity contribution in [2.45, 2.75) is 66.3 Å². The van der Waals surface area contributed by atoms with Crippen molar-refractivity contribution in [2.75, 3.05) is 6.54 Å². The van der Waals surface area contributed by atoms with E-state index < -0.39 is 6.04 Å². The smallest absolute Gasteiger partial charge is 0.237 e. The van der Waals surface area contributed by atoms with Gasteiger partial charge in [0.25, 0.3) is 0 Å². The molecule has 1 amide bonds. The fourth-order valence-electron chi connectivity index (χ4n) is 1.69. The molecule has 0 radical (unpaired) electrons. The van der Waals surface area contributed by atoms with Crippen LogP contribution in [-0.2, 0) is 4.79 Å². The Bertz CT molecular complexity index is 221. The van der Waals surface area contributed by atoms with Gasteiger partial charge in [0.1, 0.15) is 0 Å². The molecule has 0 aromatic carbocycles. The highest BCUT2D eigenvalue weighted by atomic mass is 16.2. The third-order valence-electron chi connectivity index (χ3n) is 3.32. The van der Waals surface area contributed by atoms with Gasteiger partial charge in [0.05, 0.1) is 6.04 Å². The lowest BCUT2D eigenvalue weighted by atomic mass is 9.87. The first-order chi connectivity index (χ1) is 7.82. The van der Waals surface area contributed by atoms with Crippen molar-refractivity contribution in [3.8, 4) is 0 Å². The van der Waals surface area contributed by atoms with Crippen LogP contribution in [0.15, 0.2) is 0 Å². The number of nitrogens with two attached hydrogens (primary N) is 1. The van der Waals surface area contributed by atoms with Crippen LogP contribution in [0.4, 0.5) is 0 Å². The number of nitrogens with one attached hydrogen (secondary N) is 1. The zero-order chi connectivity index (χ0) is 13.5. The summed E-state index contributed by atoms with van der Waals surface area (Å²) in [5.74, 6) is 0.568. The Balaban J connectivity index is 4.04. The second-order valence-electron chi connectivity index (χ2n) is 6.01. The van der Waals surface area contributed by atoms with Gasteiger partial charge in [0.2, 0.25) is 5.91 Å². The number of hydrogen-bond acceptors (Lipinski definition) is 2. The van der Waals surface area contributed by atoms with E-state index in [-0.39, 0.29) is 11.3 Å². The van der Waals surface area contributed by atoms with Crippen molar-refractivity contribution < 1.29 is 4.79 Å². The van der Waals surface area contributed by atoms with E-state index in [9.17, 15) is 4.79 Å². The fourth-order valence-corrected chi connectivity index (χ4v) is 1.69. The van der Waals surface area contributed by atoms with Crippen LogP contribution < -0.4 is 11.1 Å². The molecule has 0 bridgehead atoms. The van der Waals surface area contributed by atoms with Crippen LogP contribution in [0.5, 0.6) is 0 Å². The molecule has 0 aromatic rings. The second-order valence-corrected chi connectivity index (χ2v) is 6.01. The summed E-state index contributed by atoms with van der Waals surface area (Å²) in [6, 6.07) is -0.425. The highest BCUT2D eigenvalue weighted by Gasteiger charge is 2.27. The molecule has 17 heavy (non-hydrogen) atoms. The predicted octanol–water partition coefficient (Wildman–Crippen LogP) is 2.69. The van der Waals surface area contributed by atoms with Gasteiger partial charge in [-0.15, -0.1) is 0 Å². The first-order valence-electron chi connectivity index (χ1n) is 6.86. The maximum atomic E-state index is 11.8. The maximum Gasteiger partial charge on any atom is 0.237 e. The van der Waals surface area contributed by atoms with Gasteiger partial charge < -0.3 is 11.1 Å². The second kappa shape index (κ2) is 7.70. The Labute approximate surface area is 107 Å². The predicted molar refractivity (Wildman–Crippen MR) is 73.7 cm³/mol. The number of unbranched alkanes of at least 4 members (excludes halogenated alkanes) is 1. The zero-order valence-corrected chi connectivity index (χ0v) is 12.2. The van der Waals surface area contributed by atoms with Crippen LogP contribution >= 0.6 is 0 Å². The molecule has 0 aliphatic carbocycles. The first kappa shape index (κ1) is 16.4. The molecule has 0 aliphatic heterocycles. The molecular formula is C14H30N2O. The van der Waals surface area contributed by atoms with Crippen LogP contribution in [0.25, 0.3) is 0 Å². The number of carbonyl (C=O) groups excluding carboxylic acids is 1. The van der Waals surface area contributed by atoms with E-state index >= 15 is 0 Å². The average Bonchev–Trinajstić information content (AvgIpc) is 2.26. The Morgan fingerprint density at radius 1 is 1.29 bits per heavy atom. The van der Waals surface area contributed by atoms with Crippen molar-refractivity contribution in [3.63, 3.8) is 0 Å². The molecule has 0 heterocycles. The van der Waals surface area contributed by atoms with Crippen molar-refractivity contribution in [2.24, 2.45) is 17.1 Å². The summed E-state index contributed by atoms with van der Waals surface area (Å²) in [6.45, 7) is 11.1. The van der Waals surface area contributed by atoms with Gasteiger partial charge in [-0.1, -0.05) is 53.9 Å². The third-order valence-corrected chi connectivity index (χ3v) is 3.32. The van der Waals surface area contributed by atoms with Crippen LogP contribution in [0, 0.1) is 11.3 Å². The number of hydrogen-bond donors (Lipinski definition) is 2. The molecule has 0 saturated heterocycles. The number of amides is 1. The largest absolute Gasteiger partial charge is 0.354 e. The molecule has 0 fully saturated rings. The van der Waals surface area contributed by atoms with Crippen LogP contribution in [0.2, 0.25) is 0 Å². The van der Waals surface area contributed by atoms with Crippen LogP contribution in [0.3, 0.4) is 0 Å². The van der Waals surface area contributed by atoms with Crippen LogP contribution in [-0.4, -0.2) is 18.5 Å². The topological polar surface area (TPSA) is 55.1 Å². The van der Waals surface area contributed by atoms with Crippen molar-refractivity contribution in [3.05, 3.63) is 0 Å². The summed E-state index contributed by atoms with van der Waals surface area (Å²) in [5.41, 5.74) is 5.74. The molecule has 3 N–H and O–H groups in total.